The zero-order chi connectivity index (χ0) is 16.1. The van der Waals surface area contributed by atoms with Crippen molar-refractivity contribution >= 4 is 17.3 Å². The molecule has 1 aliphatic rings. The van der Waals surface area contributed by atoms with Crippen LogP contribution >= 0.6 is 0 Å². The first-order valence-electron chi connectivity index (χ1n) is 7.76. The molecule has 0 unspecified atom stereocenters. The van der Waals surface area contributed by atoms with Gasteiger partial charge in [0, 0.05) is 24.0 Å². The summed E-state index contributed by atoms with van der Waals surface area (Å²) in [5.74, 6) is 1.32. The highest BCUT2D eigenvalue weighted by Crippen LogP contribution is 2.32. The third-order valence-corrected chi connectivity index (χ3v) is 3.66. The minimum absolute atomic E-state index is 0.0626. The Morgan fingerprint density at radius 2 is 1.83 bits per heavy atom. The Balaban J connectivity index is 1.64. The van der Waals surface area contributed by atoms with E-state index < -0.39 is 0 Å². The van der Waals surface area contributed by atoms with Gasteiger partial charge in [-0.1, -0.05) is 18.2 Å². The van der Waals surface area contributed by atoms with Crippen LogP contribution in [0.3, 0.4) is 0 Å². The largest absolute Gasteiger partial charge is 0.486 e. The highest BCUT2D eigenvalue weighted by atomic mass is 16.6. The molecule has 5 nitrogen and oxygen atoms in total. The Morgan fingerprint density at radius 3 is 2.57 bits per heavy atom. The summed E-state index contributed by atoms with van der Waals surface area (Å²) in [7, 11) is 0. The van der Waals surface area contributed by atoms with Gasteiger partial charge < -0.3 is 19.7 Å². The maximum Gasteiger partial charge on any atom is 0.243 e. The molecule has 0 atom stereocenters. The first-order chi connectivity index (χ1) is 11.3. The van der Waals surface area contributed by atoms with Gasteiger partial charge in [0.2, 0.25) is 5.91 Å². The average Bonchev–Trinajstić information content (AvgIpc) is 2.60. The van der Waals surface area contributed by atoms with Crippen LogP contribution in [0.4, 0.5) is 11.4 Å². The van der Waals surface area contributed by atoms with Crippen LogP contribution in [0.15, 0.2) is 48.5 Å². The number of anilines is 2. The van der Waals surface area contributed by atoms with Crippen molar-refractivity contribution in [3.05, 3.63) is 48.5 Å². The lowest BCUT2D eigenvalue weighted by molar-refractivity contribution is -0.115. The van der Waals surface area contributed by atoms with E-state index in [1.807, 2.05) is 54.3 Å². The summed E-state index contributed by atoms with van der Waals surface area (Å²) in [6, 6.07) is 15.3. The van der Waals surface area contributed by atoms with Crippen molar-refractivity contribution in [2.24, 2.45) is 0 Å². The van der Waals surface area contributed by atoms with E-state index in [9.17, 15) is 4.79 Å². The zero-order valence-corrected chi connectivity index (χ0v) is 13.1. The van der Waals surface area contributed by atoms with Gasteiger partial charge in [-0.3, -0.25) is 4.79 Å². The molecular weight excluding hydrogens is 292 g/mol. The van der Waals surface area contributed by atoms with E-state index in [1.165, 1.54) is 0 Å². The lowest BCUT2D eigenvalue weighted by Gasteiger charge is -2.23. The Hall–Kier alpha value is -2.69. The molecule has 23 heavy (non-hydrogen) atoms. The summed E-state index contributed by atoms with van der Waals surface area (Å²) in [6.45, 7) is 4.18. The maximum absolute atomic E-state index is 12.3. The van der Waals surface area contributed by atoms with Gasteiger partial charge in [-0.05, 0) is 31.2 Å². The molecule has 0 saturated heterocycles. The van der Waals surface area contributed by atoms with Crippen LogP contribution in [-0.4, -0.2) is 32.2 Å². The van der Waals surface area contributed by atoms with Crippen LogP contribution < -0.4 is 19.7 Å². The second kappa shape index (κ2) is 7.05. The molecule has 0 fully saturated rings. The Morgan fingerprint density at radius 1 is 1.09 bits per heavy atom. The molecule has 1 heterocycles. The van der Waals surface area contributed by atoms with Crippen LogP contribution in [0.25, 0.3) is 0 Å². The molecule has 0 bridgehead atoms. The molecule has 2 aromatic carbocycles. The topological polar surface area (TPSA) is 50.8 Å². The van der Waals surface area contributed by atoms with Gasteiger partial charge in [-0.15, -0.1) is 0 Å². The van der Waals surface area contributed by atoms with Crippen LogP contribution in [0.2, 0.25) is 0 Å². The Labute approximate surface area is 135 Å². The van der Waals surface area contributed by atoms with E-state index in [0.29, 0.717) is 36.9 Å². The van der Waals surface area contributed by atoms with Gasteiger partial charge in [-0.25, -0.2) is 0 Å². The zero-order valence-electron chi connectivity index (χ0n) is 13.1. The maximum atomic E-state index is 12.3. The number of benzene rings is 2. The number of carbonyl (C=O) groups is 1. The van der Waals surface area contributed by atoms with Crippen molar-refractivity contribution in [2.45, 2.75) is 6.92 Å². The molecule has 0 aromatic heterocycles. The van der Waals surface area contributed by atoms with E-state index in [1.54, 1.807) is 6.07 Å². The van der Waals surface area contributed by atoms with E-state index in [2.05, 4.69) is 5.32 Å². The minimum atomic E-state index is -0.0626. The summed E-state index contributed by atoms with van der Waals surface area (Å²) in [4.78, 5) is 14.3. The van der Waals surface area contributed by atoms with Crippen molar-refractivity contribution in [2.75, 3.05) is 36.5 Å². The summed E-state index contributed by atoms with van der Waals surface area (Å²) in [6.07, 6.45) is 0. The second-order valence-electron chi connectivity index (χ2n) is 5.26. The smallest absolute Gasteiger partial charge is 0.243 e. The van der Waals surface area contributed by atoms with Crippen molar-refractivity contribution in [1.29, 1.82) is 0 Å². The molecule has 120 valence electrons. The molecule has 1 amide bonds. The van der Waals surface area contributed by atoms with Gasteiger partial charge >= 0.3 is 0 Å². The number of likely N-dealkylation sites (N-methyl/N-ethyl adjacent to an activating group) is 1. The summed E-state index contributed by atoms with van der Waals surface area (Å²) >= 11 is 0. The highest BCUT2D eigenvalue weighted by molar-refractivity contribution is 5.94. The molecule has 3 rings (SSSR count). The van der Waals surface area contributed by atoms with Gasteiger partial charge in [-0.2, -0.15) is 0 Å². The number of nitrogens with one attached hydrogen (secondary N) is 1. The summed E-state index contributed by atoms with van der Waals surface area (Å²) < 4.78 is 11.0. The standard InChI is InChI=1S/C18H20N2O3/c1-2-20(15-6-4-3-5-7-15)13-18(21)19-14-8-9-16-17(12-14)23-11-10-22-16/h3-9,12H,2,10-11,13H2,1H3,(H,19,21). The third-order valence-electron chi connectivity index (χ3n) is 3.66. The third kappa shape index (κ3) is 3.74. The average molecular weight is 312 g/mol. The monoisotopic (exact) mass is 312 g/mol. The molecule has 1 N–H and O–H groups in total. The molecule has 2 aromatic rings. The predicted octanol–water partition coefficient (Wildman–Crippen LogP) is 2.92. The van der Waals surface area contributed by atoms with Crippen molar-refractivity contribution in [3.63, 3.8) is 0 Å². The number of amides is 1. The molecule has 1 aliphatic heterocycles. The summed E-state index contributed by atoms with van der Waals surface area (Å²) in [5.41, 5.74) is 1.75. The van der Waals surface area contributed by atoms with E-state index in [4.69, 9.17) is 9.47 Å². The Kier molecular flexibility index (Phi) is 4.66. The van der Waals surface area contributed by atoms with Crippen LogP contribution in [-0.2, 0) is 4.79 Å². The number of hydrogen-bond donors (Lipinski definition) is 1. The lowest BCUT2D eigenvalue weighted by atomic mass is 10.2. The predicted molar refractivity (Wildman–Crippen MR) is 90.4 cm³/mol. The molecule has 5 heteroatoms. The van der Waals surface area contributed by atoms with Gasteiger partial charge in [0.25, 0.3) is 0 Å². The van der Waals surface area contributed by atoms with Crippen LogP contribution in [0, 0.1) is 0 Å². The Bertz CT molecular complexity index is 673. The molecule has 0 spiro atoms. The van der Waals surface area contributed by atoms with Crippen molar-refractivity contribution in [3.8, 4) is 11.5 Å². The summed E-state index contributed by atoms with van der Waals surface area (Å²) in [5, 5.41) is 2.91. The quantitative estimate of drug-likeness (QED) is 0.922. The number of rotatable bonds is 5. The van der Waals surface area contributed by atoms with Gasteiger partial charge in [0.1, 0.15) is 13.2 Å². The second-order valence-corrected chi connectivity index (χ2v) is 5.26. The fraction of sp³-hybridized carbons (Fsp3) is 0.278. The van der Waals surface area contributed by atoms with Crippen LogP contribution in [0.5, 0.6) is 11.5 Å². The minimum Gasteiger partial charge on any atom is -0.486 e. The van der Waals surface area contributed by atoms with Gasteiger partial charge in [0.05, 0.1) is 6.54 Å². The first kappa shape index (κ1) is 15.2. The van der Waals surface area contributed by atoms with Crippen molar-refractivity contribution in [1.82, 2.24) is 0 Å². The van der Waals surface area contributed by atoms with E-state index in [0.717, 1.165) is 12.2 Å². The molecule has 0 radical (unpaired) electrons. The lowest BCUT2D eigenvalue weighted by Crippen LogP contribution is -2.33. The fourth-order valence-corrected chi connectivity index (χ4v) is 2.52. The number of nitrogens with zero attached hydrogens (tertiary/aromatic N) is 1. The number of hydrogen-bond acceptors (Lipinski definition) is 4. The fourth-order valence-electron chi connectivity index (χ4n) is 2.52. The molecule has 0 saturated carbocycles. The van der Waals surface area contributed by atoms with E-state index >= 15 is 0 Å². The number of carbonyl (C=O) groups excluding carboxylic acids is 1. The number of para-hydroxylation sites is 1. The molecule has 0 aliphatic carbocycles. The molecular formula is C18H20N2O3. The van der Waals surface area contributed by atoms with Gasteiger partial charge in [0.15, 0.2) is 11.5 Å². The number of fused-ring (bicyclic) bond motifs is 1. The van der Waals surface area contributed by atoms with E-state index in [-0.39, 0.29) is 5.91 Å². The SMILES string of the molecule is CCN(CC(=O)Nc1ccc2c(c1)OCCO2)c1ccccc1. The normalized spacial score (nSPS) is 12.6. The van der Waals surface area contributed by atoms with Crippen LogP contribution in [0.1, 0.15) is 6.92 Å². The van der Waals surface area contributed by atoms with Crippen molar-refractivity contribution < 1.29 is 14.3 Å². The number of ether oxygens (including phenoxy) is 2. The first-order valence-corrected chi connectivity index (χ1v) is 7.76. The highest BCUT2D eigenvalue weighted by Gasteiger charge is 2.14.